The van der Waals surface area contributed by atoms with Gasteiger partial charge in [-0.3, -0.25) is 4.79 Å². The van der Waals surface area contributed by atoms with Crippen LogP contribution in [0, 0.1) is 0 Å². The summed E-state index contributed by atoms with van der Waals surface area (Å²) in [5.41, 5.74) is 0.380. The molecule has 0 bridgehead atoms. The molecule has 1 aliphatic carbocycles. The van der Waals surface area contributed by atoms with E-state index in [1.807, 2.05) is 0 Å². The number of nitrogens with one attached hydrogen (secondary N) is 2. The number of halogens is 3. The zero-order chi connectivity index (χ0) is 18.7. The largest absolute Gasteiger partial charge is 0.573 e. The fourth-order valence-electron chi connectivity index (χ4n) is 1.91. The summed E-state index contributed by atoms with van der Waals surface area (Å²) in [6.07, 6.45) is -2.48. The number of amides is 1. The average molecular weight is 404 g/mol. The van der Waals surface area contributed by atoms with E-state index in [0.29, 0.717) is 16.1 Å². The highest BCUT2D eigenvalue weighted by atomic mass is 32.2. The topological polar surface area (TPSA) is 76.1 Å². The predicted molar refractivity (Wildman–Crippen MR) is 93.6 cm³/mol. The van der Waals surface area contributed by atoms with Gasteiger partial charge in [0.25, 0.3) is 0 Å². The molecule has 2 aromatic rings. The number of thioether (sulfide) groups is 1. The van der Waals surface area contributed by atoms with Gasteiger partial charge in [-0.25, -0.2) is 0 Å². The van der Waals surface area contributed by atoms with Crippen LogP contribution < -0.4 is 15.4 Å². The fourth-order valence-corrected chi connectivity index (χ4v) is 3.88. The van der Waals surface area contributed by atoms with Crippen LogP contribution >= 0.6 is 23.1 Å². The summed E-state index contributed by atoms with van der Waals surface area (Å²) in [7, 11) is 0. The van der Waals surface area contributed by atoms with E-state index in [9.17, 15) is 18.0 Å². The Hall–Kier alpha value is -2.01. The van der Waals surface area contributed by atoms with Crippen molar-refractivity contribution in [2.24, 2.45) is 0 Å². The number of nitrogens with zero attached hydrogens (tertiary/aromatic N) is 2. The van der Waals surface area contributed by atoms with Crippen molar-refractivity contribution in [3.63, 3.8) is 0 Å². The van der Waals surface area contributed by atoms with Gasteiger partial charge in [0, 0.05) is 11.7 Å². The Morgan fingerprint density at radius 2 is 2.00 bits per heavy atom. The number of carbonyl (C=O) groups is 1. The molecule has 1 saturated carbocycles. The van der Waals surface area contributed by atoms with E-state index < -0.39 is 11.6 Å². The molecule has 11 heteroatoms. The minimum atomic E-state index is -4.75. The molecule has 1 atom stereocenters. The molecule has 3 rings (SSSR count). The van der Waals surface area contributed by atoms with Crippen molar-refractivity contribution in [3.8, 4) is 5.75 Å². The number of rotatable bonds is 7. The molecule has 0 aliphatic heterocycles. The molecular formula is C15H15F3N4O2S2. The van der Waals surface area contributed by atoms with E-state index in [1.165, 1.54) is 35.2 Å². The molecule has 2 N–H and O–H groups in total. The molecule has 26 heavy (non-hydrogen) atoms. The van der Waals surface area contributed by atoms with E-state index in [0.717, 1.165) is 30.1 Å². The Morgan fingerprint density at radius 1 is 1.31 bits per heavy atom. The fraction of sp³-hybridized carbons (Fsp3) is 0.400. The number of ether oxygens (including phenoxy) is 1. The summed E-state index contributed by atoms with van der Waals surface area (Å²) in [6, 6.07) is 5.45. The second-order valence-electron chi connectivity index (χ2n) is 5.61. The van der Waals surface area contributed by atoms with Crippen molar-refractivity contribution in [1.29, 1.82) is 0 Å². The van der Waals surface area contributed by atoms with Gasteiger partial charge in [-0.05, 0) is 44.0 Å². The minimum absolute atomic E-state index is 0.286. The van der Waals surface area contributed by atoms with Crippen LogP contribution in [0.25, 0.3) is 0 Å². The maximum atomic E-state index is 12.2. The molecule has 6 nitrogen and oxygen atoms in total. The summed E-state index contributed by atoms with van der Waals surface area (Å²) in [4.78, 5) is 12.2. The second-order valence-corrected chi connectivity index (χ2v) is 8.18. The molecular weight excluding hydrogens is 389 g/mol. The summed E-state index contributed by atoms with van der Waals surface area (Å²) in [5, 5.41) is 14.2. The summed E-state index contributed by atoms with van der Waals surface area (Å²) in [6.45, 7) is 1.72. The van der Waals surface area contributed by atoms with Crippen molar-refractivity contribution in [3.05, 3.63) is 24.3 Å². The zero-order valence-corrected chi connectivity index (χ0v) is 15.2. The van der Waals surface area contributed by atoms with Gasteiger partial charge in [-0.1, -0.05) is 23.1 Å². The molecule has 0 spiro atoms. The second kappa shape index (κ2) is 7.70. The van der Waals surface area contributed by atoms with Crippen molar-refractivity contribution < 1.29 is 22.7 Å². The Morgan fingerprint density at radius 3 is 2.62 bits per heavy atom. The van der Waals surface area contributed by atoms with E-state index in [-0.39, 0.29) is 11.7 Å². The van der Waals surface area contributed by atoms with Gasteiger partial charge in [0.1, 0.15) is 5.75 Å². The van der Waals surface area contributed by atoms with Crippen LogP contribution in [0.3, 0.4) is 0 Å². The van der Waals surface area contributed by atoms with Gasteiger partial charge in [-0.15, -0.1) is 23.4 Å². The first-order valence-electron chi connectivity index (χ1n) is 7.72. The number of anilines is 2. The van der Waals surface area contributed by atoms with E-state index in [1.54, 1.807) is 6.92 Å². The van der Waals surface area contributed by atoms with Crippen molar-refractivity contribution in [2.75, 3.05) is 10.6 Å². The zero-order valence-electron chi connectivity index (χ0n) is 13.5. The molecule has 1 aromatic heterocycles. The van der Waals surface area contributed by atoms with E-state index >= 15 is 0 Å². The van der Waals surface area contributed by atoms with Gasteiger partial charge in [0.05, 0.1) is 5.25 Å². The molecule has 1 aromatic carbocycles. The third-order valence-electron chi connectivity index (χ3n) is 3.31. The normalized spacial score (nSPS) is 15.4. The monoisotopic (exact) mass is 404 g/mol. The summed E-state index contributed by atoms with van der Waals surface area (Å²) in [5.74, 6) is -0.631. The van der Waals surface area contributed by atoms with Crippen LogP contribution in [-0.4, -0.2) is 33.8 Å². The van der Waals surface area contributed by atoms with Gasteiger partial charge < -0.3 is 15.4 Å². The minimum Gasteiger partial charge on any atom is -0.406 e. The van der Waals surface area contributed by atoms with Crippen molar-refractivity contribution >= 4 is 39.8 Å². The van der Waals surface area contributed by atoms with Crippen LogP contribution in [0.4, 0.5) is 24.0 Å². The Kier molecular flexibility index (Phi) is 5.56. The van der Waals surface area contributed by atoms with Crippen LogP contribution in [-0.2, 0) is 4.79 Å². The highest BCUT2D eigenvalue weighted by molar-refractivity contribution is 8.02. The van der Waals surface area contributed by atoms with Crippen molar-refractivity contribution in [1.82, 2.24) is 10.2 Å². The Bertz CT molecular complexity index is 763. The molecule has 1 amide bonds. The summed E-state index contributed by atoms with van der Waals surface area (Å²) >= 11 is 2.66. The van der Waals surface area contributed by atoms with Crippen LogP contribution in [0.5, 0.6) is 5.75 Å². The number of hydrogen-bond acceptors (Lipinski definition) is 7. The van der Waals surface area contributed by atoms with E-state index in [4.69, 9.17) is 0 Å². The smallest absolute Gasteiger partial charge is 0.406 e. The lowest BCUT2D eigenvalue weighted by Gasteiger charge is -2.12. The van der Waals surface area contributed by atoms with Gasteiger partial charge in [0.15, 0.2) is 4.34 Å². The molecule has 0 saturated heterocycles. The number of aromatic nitrogens is 2. The molecule has 0 radical (unpaired) electrons. The number of hydrogen-bond donors (Lipinski definition) is 2. The first-order valence-corrected chi connectivity index (χ1v) is 9.41. The highest BCUT2D eigenvalue weighted by Gasteiger charge is 2.31. The molecule has 1 aliphatic rings. The Balaban J connectivity index is 1.51. The number of carbonyl (C=O) groups excluding carboxylic acids is 1. The average Bonchev–Trinajstić information content (AvgIpc) is 3.26. The molecule has 0 unspecified atom stereocenters. The van der Waals surface area contributed by atoms with Gasteiger partial charge >= 0.3 is 6.36 Å². The SMILES string of the molecule is C[C@@H](Sc1nnc(NC2CC2)s1)C(=O)Nc1ccc(OC(F)(F)F)cc1. The lowest BCUT2D eigenvalue weighted by Crippen LogP contribution is -2.22. The first kappa shape index (κ1) is 18.8. The summed E-state index contributed by atoms with van der Waals surface area (Å²) < 4.78 is 40.8. The standard InChI is InChI=1S/C15H15F3N4O2S2/c1-8(25-14-22-21-13(26-14)20-10-2-3-10)12(23)19-9-4-6-11(7-5-9)24-15(16,17)18/h4-8,10H,2-3H2,1H3,(H,19,23)(H,20,21)/t8-/m1/s1. The maximum Gasteiger partial charge on any atom is 0.573 e. The van der Waals surface area contributed by atoms with Crippen LogP contribution in [0.2, 0.25) is 0 Å². The van der Waals surface area contributed by atoms with Crippen LogP contribution in [0.15, 0.2) is 28.6 Å². The molecule has 140 valence electrons. The molecule has 1 heterocycles. The van der Waals surface area contributed by atoms with E-state index in [2.05, 4.69) is 25.6 Å². The lowest BCUT2D eigenvalue weighted by atomic mass is 10.3. The third-order valence-corrected chi connectivity index (χ3v) is 5.35. The molecule has 1 fully saturated rings. The first-order chi connectivity index (χ1) is 12.3. The number of benzene rings is 1. The third kappa shape index (κ3) is 5.77. The van der Waals surface area contributed by atoms with Gasteiger partial charge in [-0.2, -0.15) is 0 Å². The predicted octanol–water partition coefficient (Wildman–Crippen LogP) is 4.13. The van der Waals surface area contributed by atoms with Crippen molar-refractivity contribution in [2.45, 2.75) is 41.8 Å². The number of alkyl halides is 3. The highest BCUT2D eigenvalue weighted by Crippen LogP contribution is 2.32. The maximum absolute atomic E-state index is 12.2. The lowest BCUT2D eigenvalue weighted by molar-refractivity contribution is -0.274. The Labute approximate surface area is 155 Å². The van der Waals surface area contributed by atoms with Gasteiger partial charge in [0.2, 0.25) is 11.0 Å². The van der Waals surface area contributed by atoms with Crippen LogP contribution in [0.1, 0.15) is 19.8 Å². The quantitative estimate of drug-likeness (QED) is 0.676.